The summed E-state index contributed by atoms with van der Waals surface area (Å²) in [5.74, 6) is 1.52. The lowest BCUT2D eigenvalue weighted by molar-refractivity contribution is 0.185. The summed E-state index contributed by atoms with van der Waals surface area (Å²) in [4.78, 5) is 8.84. The van der Waals surface area contributed by atoms with E-state index in [0.29, 0.717) is 18.7 Å². The lowest BCUT2D eigenvalue weighted by Gasteiger charge is -2.26. The van der Waals surface area contributed by atoms with Crippen LogP contribution in [-0.2, 0) is 25.9 Å². The summed E-state index contributed by atoms with van der Waals surface area (Å²) in [7, 11) is 0. The Morgan fingerprint density at radius 2 is 1.91 bits per heavy atom. The molecule has 6 nitrogen and oxygen atoms in total. The van der Waals surface area contributed by atoms with Gasteiger partial charge in [-0.2, -0.15) is 5.26 Å². The first-order valence-corrected chi connectivity index (χ1v) is 11.2. The van der Waals surface area contributed by atoms with Gasteiger partial charge in [0.15, 0.2) is 11.6 Å². The van der Waals surface area contributed by atoms with E-state index in [-0.39, 0.29) is 6.10 Å². The van der Waals surface area contributed by atoms with E-state index in [1.54, 1.807) is 6.20 Å². The highest BCUT2D eigenvalue weighted by molar-refractivity contribution is 5.50. The predicted molar refractivity (Wildman–Crippen MR) is 127 cm³/mol. The Labute approximate surface area is 193 Å². The number of imidazole rings is 1. The van der Waals surface area contributed by atoms with Crippen LogP contribution in [0.1, 0.15) is 34.4 Å². The fraction of sp³-hybridized carbons (Fsp3) is 0.222. The molecule has 0 bridgehead atoms. The Bertz CT molecular complexity index is 1270. The molecular weight excluding hydrogens is 410 g/mol. The molecule has 1 aliphatic rings. The molecule has 0 saturated carbocycles. The van der Waals surface area contributed by atoms with Crippen molar-refractivity contribution in [1.29, 1.82) is 5.26 Å². The largest absolute Gasteiger partial charge is 0.486 e. The summed E-state index contributed by atoms with van der Waals surface area (Å²) in [5.41, 5.74) is 5.63. The Kier molecular flexibility index (Phi) is 6.03. The standard InChI is InChI=1S/C27H25N5O/c28-15-20-7-9-21(10-8-20)18-32-19-29-16-24(32)17-31-27-26(6-3-13-30-27)33-25-12-11-22-4-1-2-5-23(22)14-25/h1-10,13,16,19,25H,11-12,14,17-18H2,(H,30,31). The number of fused-ring (bicyclic) bond motifs is 1. The molecule has 0 radical (unpaired) electrons. The minimum absolute atomic E-state index is 0.145. The molecule has 33 heavy (non-hydrogen) atoms. The van der Waals surface area contributed by atoms with Crippen molar-refractivity contribution in [3.63, 3.8) is 0 Å². The van der Waals surface area contributed by atoms with Crippen LogP contribution in [0.2, 0.25) is 0 Å². The summed E-state index contributed by atoms with van der Waals surface area (Å²) in [6.07, 6.45) is 8.57. The molecule has 2 heterocycles. The van der Waals surface area contributed by atoms with Gasteiger partial charge in [-0.15, -0.1) is 0 Å². The van der Waals surface area contributed by atoms with Crippen LogP contribution < -0.4 is 10.1 Å². The average molecular weight is 436 g/mol. The van der Waals surface area contributed by atoms with E-state index in [1.807, 2.05) is 48.9 Å². The van der Waals surface area contributed by atoms with E-state index >= 15 is 0 Å². The number of rotatable bonds is 7. The molecule has 0 spiro atoms. The zero-order valence-corrected chi connectivity index (χ0v) is 18.3. The number of hydrogen-bond acceptors (Lipinski definition) is 5. The molecule has 0 saturated heterocycles. The second-order valence-electron chi connectivity index (χ2n) is 8.28. The molecule has 0 aliphatic heterocycles. The topological polar surface area (TPSA) is 75.8 Å². The molecule has 2 aromatic heterocycles. The van der Waals surface area contributed by atoms with Crippen molar-refractivity contribution in [3.8, 4) is 11.8 Å². The number of nitriles is 1. The first kappa shape index (κ1) is 20.8. The van der Waals surface area contributed by atoms with Crippen molar-refractivity contribution in [2.75, 3.05) is 5.32 Å². The van der Waals surface area contributed by atoms with Gasteiger partial charge in [-0.1, -0.05) is 36.4 Å². The van der Waals surface area contributed by atoms with Crippen LogP contribution in [0, 0.1) is 11.3 Å². The van der Waals surface area contributed by atoms with Crippen LogP contribution in [0.5, 0.6) is 5.75 Å². The number of benzene rings is 2. The van der Waals surface area contributed by atoms with Gasteiger partial charge in [0.1, 0.15) is 6.10 Å². The van der Waals surface area contributed by atoms with Crippen LogP contribution in [0.25, 0.3) is 0 Å². The lowest BCUT2D eigenvalue weighted by Crippen LogP contribution is -2.25. The Morgan fingerprint density at radius 1 is 1.06 bits per heavy atom. The van der Waals surface area contributed by atoms with Crippen LogP contribution in [0.3, 0.4) is 0 Å². The van der Waals surface area contributed by atoms with Gasteiger partial charge in [0.2, 0.25) is 0 Å². The third-order valence-corrected chi connectivity index (χ3v) is 6.04. The molecule has 0 fully saturated rings. The zero-order chi connectivity index (χ0) is 22.5. The van der Waals surface area contributed by atoms with Crippen LogP contribution in [0.15, 0.2) is 79.4 Å². The molecule has 0 amide bonds. The van der Waals surface area contributed by atoms with Gasteiger partial charge in [-0.3, -0.25) is 0 Å². The quantitative estimate of drug-likeness (QED) is 0.454. The molecule has 1 unspecified atom stereocenters. The molecule has 1 atom stereocenters. The first-order chi connectivity index (χ1) is 16.3. The first-order valence-electron chi connectivity index (χ1n) is 11.2. The fourth-order valence-electron chi connectivity index (χ4n) is 4.26. The maximum absolute atomic E-state index is 8.99. The highest BCUT2D eigenvalue weighted by Crippen LogP contribution is 2.28. The smallest absolute Gasteiger partial charge is 0.169 e. The summed E-state index contributed by atoms with van der Waals surface area (Å²) >= 11 is 0. The second-order valence-corrected chi connectivity index (χ2v) is 8.28. The summed E-state index contributed by atoms with van der Waals surface area (Å²) in [6.45, 7) is 1.27. The predicted octanol–water partition coefficient (Wildman–Crippen LogP) is 4.75. The van der Waals surface area contributed by atoms with E-state index in [2.05, 4.69) is 50.2 Å². The van der Waals surface area contributed by atoms with Crippen molar-refractivity contribution in [2.24, 2.45) is 0 Å². The number of hydrogen-bond donors (Lipinski definition) is 1. The number of nitrogens with zero attached hydrogens (tertiary/aromatic N) is 4. The van der Waals surface area contributed by atoms with Gasteiger partial charge in [0, 0.05) is 25.4 Å². The summed E-state index contributed by atoms with van der Waals surface area (Å²) < 4.78 is 8.48. The van der Waals surface area contributed by atoms with Crippen molar-refractivity contribution in [2.45, 2.75) is 38.5 Å². The van der Waals surface area contributed by atoms with Crippen LogP contribution in [-0.4, -0.2) is 20.6 Å². The molecule has 6 heteroatoms. The molecule has 2 aromatic carbocycles. The normalized spacial score (nSPS) is 14.8. The van der Waals surface area contributed by atoms with Crippen molar-refractivity contribution in [3.05, 3.63) is 107 Å². The Balaban J connectivity index is 1.24. The molecule has 5 rings (SSSR count). The van der Waals surface area contributed by atoms with E-state index in [1.165, 1.54) is 11.1 Å². The molecule has 1 aliphatic carbocycles. The van der Waals surface area contributed by atoms with Gasteiger partial charge >= 0.3 is 0 Å². The number of aryl methyl sites for hydroxylation is 1. The van der Waals surface area contributed by atoms with E-state index < -0.39 is 0 Å². The van der Waals surface area contributed by atoms with Crippen molar-refractivity contribution < 1.29 is 4.74 Å². The number of pyridine rings is 1. The molecular formula is C27H25N5O. The second kappa shape index (κ2) is 9.58. The Hall–Kier alpha value is -4.11. The SMILES string of the molecule is N#Cc1ccc(Cn2cncc2CNc2ncccc2OC2CCc3ccccc3C2)cc1. The van der Waals surface area contributed by atoms with E-state index in [9.17, 15) is 0 Å². The minimum atomic E-state index is 0.145. The number of aromatic nitrogens is 3. The van der Waals surface area contributed by atoms with E-state index in [0.717, 1.165) is 42.1 Å². The third-order valence-electron chi connectivity index (χ3n) is 6.04. The maximum atomic E-state index is 8.99. The number of ether oxygens (including phenoxy) is 1. The average Bonchev–Trinajstić information content (AvgIpc) is 3.30. The van der Waals surface area contributed by atoms with Gasteiger partial charge in [0.05, 0.1) is 30.2 Å². The molecule has 164 valence electrons. The zero-order valence-electron chi connectivity index (χ0n) is 18.3. The minimum Gasteiger partial charge on any atom is -0.486 e. The van der Waals surface area contributed by atoms with Crippen LogP contribution in [0.4, 0.5) is 5.82 Å². The maximum Gasteiger partial charge on any atom is 0.169 e. The van der Waals surface area contributed by atoms with Gasteiger partial charge in [-0.25, -0.2) is 9.97 Å². The number of anilines is 1. The highest BCUT2D eigenvalue weighted by atomic mass is 16.5. The monoisotopic (exact) mass is 435 g/mol. The van der Waals surface area contributed by atoms with Crippen molar-refractivity contribution in [1.82, 2.24) is 14.5 Å². The van der Waals surface area contributed by atoms with Gasteiger partial charge in [0.25, 0.3) is 0 Å². The molecule has 4 aromatic rings. The van der Waals surface area contributed by atoms with Crippen LogP contribution >= 0.6 is 0 Å². The molecule has 1 N–H and O–H groups in total. The van der Waals surface area contributed by atoms with Gasteiger partial charge < -0.3 is 14.6 Å². The fourth-order valence-corrected chi connectivity index (χ4v) is 4.26. The summed E-state index contributed by atoms with van der Waals surface area (Å²) in [5, 5.41) is 12.4. The highest BCUT2D eigenvalue weighted by Gasteiger charge is 2.21. The Morgan fingerprint density at radius 3 is 2.76 bits per heavy atom. The number of nitrogens with one attached hydrogen (secondary N) is 1. The lowest BCUT2D eigenvalue weighted by atomic mass is 9.90. The van der Waals surface area contributed by atoms with Crippen molar-refractivity contribution >= 4 is 5.82 Å². The third kappa shape index (κ3) is 4.88. The summed E-state index contributed by atoms with van der Waals surface area (Å²) in [6, 6.07) is 22.3. The van der Waals surface area contributed by atoms with Gasteiger partial charge in [-0.05, 0) is 53.8 Å². The van der Waals surface area contributed by atoms with E-state index in [4.69, 9.17) is 10.00 Å².